The van der Waals surface area contributed by atoms with Crippen LogP contribution in [0.1, 0.15) is 17.3 Å². The number of halogens is 2. The van der Waals surface area contributed by atoms with Gasteiger partial charge in [-0.25, -0.2) is 8.78 Å². The standard InChI is InChI=1S/C22H18F2N2O/c23-18-10-11-19(20(24)12-18)22-25-21(27)14-26(22)13-15-6-8-17(9-7-15)16-4-2-1-3-5-16/h1-12,22H,13-14H2,(H,25,27). The van der Waals surface area contributed by atoms with Crippen molar-refractivity contribution in [1.29, 1.82) is 0 Å². The summed E-state index contributed by atoms with van der Waals surface area (Å²) in [7, 11) is 0. The Morgan fingerprint density at radius 3 is 2.33 bits per heavy atom. The Balaban J connectivity index is 1.54. The lowest BCUT2D eigenvalue weighted by molar-refractivity contribution is -0.118. The normalized spacial score (nSPS) is 17.1. The number of hydrogen-bond acceptors (Lipinski definition) is 2. The van der Waals surface area contributed by atoms with Crippen LogP contribution in [0.2, 0.25) is 0 Å². The van der Waals surface area contributed by atoms with Crippen LogP contribution in [0, 0.1) is 11.6 Å². The Morgan fingerprint density at radius 1 is 0.926 bits per heavy atom. The van der Waals surface area contributed by atoms with E-state index >= 15 is 0 Å². The Morgan fingerprint density at radius 2 is 1.63 bits per heavy atom. The van der Waals surface area contributed by atoms with Gasteiger partial charge in [-0.15, -0.1) is 0 Å². The van der Waals surface area contributed by atoms with Gasteiger partial charge in [-0.05, 0) is 28.8 Å². The fourth-order valence-corrected chi connectivity index (χ4v) is 3.38. The van der Waals surface area contributed by atoms with Crippen molar-refractivity contribution in [2.24, 2.45) is 0 Å². The maximum absolute atomic E-state index is 14.2. The highest BCUT2D eigenvalue weighted by Crippen LogP contribution is 2.27. The van der Waals surface area contributed by atoms with Gasteiger partial charge in [0.15, 0.2) is 0 Å². The molecule has 0 spiro atoms. The van der Waals surface area contributed by atoms with Crippen molar-refractivity contribution in [3.05, 3.63) is 95.6 Å². The van der Waals surface area contributed by atoms with E-state index in [1.165, 1.54) is 12.1 Å². The number of benzene rings is 3. The smallest absolute Gasteiger partial charge is 0.235 e. The topological polar surface area (TPSA) is 32.3 Å². The summed E-state index contributed by atoms with van der Waals surface area (Å²) >= 11 is 0. The lowest BCUT2D eigenvalue weighted by Gasteiger charge is -2.24. The second kappa shape index (κ2) is 7.29. The molecular weight excluding hydrogens is 346 g/mol. The summed E-state index contributed by atoms with van der Waals surface area (Å²) in [6, 6.07) is 21.5. The minimum absolute atomic E-state index is 0.169. The summed E-state index contributed by atoms with van der Waals surface area (Å²) in [5.41, 5.74) is 3.52. The molecule has 27 heavy (non-hydrogen) atoms. The zero-order chi connectivity index (χ0) is 18.8. The molecule has 3 nitrogen and oxygen atoms in total. The van der Waals surface area contributed by atoms with Crippen molar-refractivity contribution in [1.82, 2.24) is 10.2 Å². The Labute approximate surface area is 156 Å². The van der Waals surface area contributed by atoms with Gasteiger partial charge in [0.25, 0.3) is 0 Å². The molecule has 1 amide bonds. The second-order valence-corrected chi connectivity index (χ2v) is 6.60. The molecule has 1 saturated heterocycles. The predicted molar refractivity (Wildman–Crippen MR) is 99.5 cm³/mol. The highest BCUT2D eigenvalue weighted by molar-refractivity contribution is 5.80. The molecule has 0 saturated carbocycles. The monoisotopic (exact) mass is 364 g/mol. The summed E-state index contributed by atoms with van der Waals surface area (Å²) < 4.78 is 27.4. The first kappa shape index (κ1) is 17.4. The summed E-state index contributed by atoms with van der Waals surface area (Å²) in [6.45, 7) is 0.650. The summed E-state index contributed by atoms with van der Waals surface area (Å²) in [5, 5.41) is 2.76. The first-order valence-corrected chi connectivity index (χ1v) is 8.73. The summed E-state index contributed by atoms with van der Waals surface area (Å²) in [5.74, 6) is -1.47. The number of hydrogen-bond donors (Lipinski definition) is 1. The number of nitrogens with one attached hydrogen (secondary N) is 1. The molecule has 1 aliphatic heterocycles. The molecule has 3 aromatic carbocycles. The Bertz CT molecular complexity index is 958. The SMILES string of the molecule is O=C1CN(Cc2ccc(-c3ccccc3)cc2)C(c2ccc(F)cc2F)N1. The number of carbonyl (C=O) groups is 1. The van der Waals surface area contributed by atoms with E-state index in [4.69, 9.17) is 0 Å². The number of rotatable bonds is 4. The van der Waals surface area contributed by atoms with Crippen molar-refractivity contribution in [3.63, 3.8) is 0 Å². The molecule has 1 atom stereocenters. The van der Waals surface area contributed by atoms with Gasteiger partial charge in [-0.3, -0.25) is 9.69 Å². The molecule has 1 heterocycles. The van der Waals surface area contributed by atoms with Crippen LogP contribution in [0.15, 0.2) is 72.8 Å². The molecule has 5 heteroatoms. The third-order valence-corrected chi connectivity index (χ3v) is 4.71. The van der Waals surface area contributed by atoms with Crippen LogP contribution in [0.25, 0.3) is 11.1 Å². The molecule has 0 aliphatic carbocycles. The first-order valence-electron chi connectivity index (χ1n) is 8.73. The van der Waals surface area contributed by atoms with Crippen LogP contribution in [-0.4, -0.2) is 17.4 Å². The predicted octanol–water partition coefficient (Wildman–Crippen LogP) is 4.26. The molecule has 136 valence electrons. The van der Waals surface area contributed by atoms with E-state index in [2.05, 4.69) is 5.32 Å². The highest BCUT2D eigenvalue weighted by atomic mass is 19.1. The third kappa shape index (κ3) is 3.73. The zero-order valence-corrected chi connectivity index (χ0v) is 14.5. The van der Waals surface area contributed by atoms with E-state index in [-0.39, 0.29) is 18.0 Å². The lowest BCUT2D eigenvalue weighted by Crippen LogP contribution is -2.28. The number of amides is 1. The fraction of sp³-hybridized carbons (Fsp3) is 0.136. The van der Waals surface area contributed by atoms with Crippen LogP contribution in [-0.2, 0) is 11.3 Å². The summed E-state index contributed by atoms with van der Waals surface area (Å²) in [6.07, 6.45) is -0.605. The molecule has 0 aromatic heterocycles. The van der Waals surface area contributed by atoms with Crippen molar-refractivity contribution >= 4 is 5.91 Å². The van der Waals surface area contributed by atoms with Crippen molar-refractivity contribution in [3.8, 4) is 11.1 Å². The lowest BCUT2D eigenvalue weighted by atomic mass is 10.0. The highest BCUT2D eigenvalue weighted by Gasteiger charge is 2.32. The minimum Gasteiger partial charge on any atom is -0.335 e. The van der Waals surface area contributed by atoms with Crippen LogP contribution in [0.5, 0.6) is 0 Å². The van der Waals surface area contributed by atoms with E-state index in [0.717, 1.165) is 22.8 Å². The minimum atomic E-state index is -0.661. The van der Waals surface area contributed by atoms with E-state index in [1.807, 2.05) is 59.5 Å². The van der Waals surface area contributed by atoms with Crippen molar-refractivity contribution in [2.75, 3.05) is 6.54 Å². The molecule has 1 fully saturated rings. The second-order valence-electron chi connectivity index (χ2n) is 6.60. The number of nitrogens with zero attached hydrogens (tertiary/aromatic N) is 1. The van der Waals surface area contributed by atoms with Gasteiger partial charge in [0.05, 0.1) is 6.54 Å². The largest absolute Gasteiger partial charge is 0.335 e. The average Bonchev–Trinajstić information content (AvgIpc) is 3.03. The van der Waals surface area contributed by atoms with Gasteiger partial charge in [0.1, 0.15) is 17.8 Å². The van der Waals surface area contributed by atoms with Crippen LogP contribution < -0.4 is 5.32 Å². The Kier molecular flexibility index (Phi) is 4.69. The van der Waals surface area contributed by atoms with Gasteiger partial charge in [0, 0.05) is 18.2 Å². The third-order valence-electron chi connectivity index (χ3n) is 4.71. The van der Waals surface area contributed by atoms with E-state index < -0.39 is 17.8 Å². The van der Waals surface area contributed by atoms with Gasteiger partial charge >= 0.3 is 0 Å². The molecule has 0 bridgehead atoms. The number of carbonyl (C=O) groups excluding carboxylic acids is 1. The summed E-state index contributed by atoms with van der Waals surface area (Å²) in [4.78, 5) is 13.7. The molecule has 1 unspecified atom stereocenters. The molecule has 0 radical (unpaired) electrons. The zero-order valence-electron chi connectivity index (χ0n) is 14.5. The van der Waals surface area contributed by atoms with Crippen LogP contribution >= 0.6 is 0 Å². The maximum atomic E-state index is 14.2. The molecule has 3 aromatic rings. The van der Waals surface area contributed by atoms with Crippen molar-refractivity contribution in [2.45, 2.75) is 12.7 Å². The fourth-order valence-electron chi connectivity index (χ4n) is 3.38. The van der Waals surface area contributed by atoms with Gasteiger partial charge in [-0.2, -0.15) is 0 Å². The van der Waals surface area contributed by atoms with Gasteiger partial charge < -0.3 is 5.32 Å². The first-order chi connectivity index (χ1) is 13.1. The van der Waals surface area contributed by atoms with E-state index in [1.54, 1.807) is 0 Å². The van der Waals surface area contributed by atoms with Crippen molar-refractivity contribution < 1.29 is 13.6 Å². The Hall–Kier alpha value is -3.05. The van der Waals surface area contributed by atoms with E-state index in [0.29, 0.717) is 6.54 Å². The molecule has 1 aliphatic rings. The quantitative estimate of drug-likeness (QED) is 0.750. The van der Waals surface area contributed by atoms with E-state index in [9.17, 15) is 13.6 Å². The van der Waals surface area contributed by atoms with Crippen LogP contribution in [0.4, 0.5) is 8.78 Å². The van der Waals surface area contributed by atoms with Crippen LogP contribution in [0.3, 0.4) is 0 Å². The molecule has 4 rings (SSSR count). The average molecular weight is 364 g/mol. The molecule has 1 N–H and O–H groups in total. The maximum Gasteiger partial charge on any atom is 0.235 e. The van der Waals surface area contributed by atoms with Gasteiger partial charge in [0.2, 0.25) is 5.91 Å². The molecular formula is C22H18F2N2O. The van der Waals surface area contributed by atoms with Gasteiger partial charge in [-0.1, -0.05) is 54.6 Å².